The number of benzene rings is 1. The molecule has 0 amide bonds. The molecule has 2 aromatic rings. The molecule has 2 rings (SSSR count). The Morgan fingerprint density at radius 1 is 1.39 bits per heavy atom. The molecule has 1 aromatic carbocycles. The van der Waals surface area contributed by atoms with E-state index in [1.54, 1.807) is 7.11 Å². The van der Waals surface area contributed by atoms with Crippen molar-refractivity contribution in [1.29, 1.82) is 0 Å². The molecule has 1 aromatic heterocycles. The number of nitrogens with one attached hydrogen (secondary N) is 1. The SMILES string of the molecule is COCCCn1ccnc1Nc1ccccc1I. The summed E-state index contributed by atoms with van der Waals surface area (Å²) in [5.41, 5.74) is 1.08. The number of rotatable bonds is 6. The van der Waals surface area contributed by atoms with Crippen molar-refractivity contribution in [1.82, 2.24) is 9.55 Å². The lowest BCUT2D eigenvalue weighted by Crippen LogP contribution is -2.05. The third-order valence-corrected chi connectivity index (χ3v) is 3.52. The molecule has 0 saturated carbocycles. The molecule has 18 heavy (non-hydrogen) atoms. The highest BCUT2D eigenvalue weighted by atomic mass is 127. The fraction of sp³-hybridized carbons (Fsp3) is 0.308. The summed E-state index contributed by atoms with van der Waals surface area (Å²) < 4.78 is 8.34. The van der Waals surface area contributed by atoms with E-state index in [1.165, 1.54) is 3.57 Å². The second-order valence-electron chi connectivity index (χ2n) is 3.90. The van der Waals surface area contributed by atoms with Gasteiger partial charge in [0, 0.05) is 36.2 Å². The van der Waals surface area contributed by atoms with Crippen LogP contribution in [-0.2, 0) is 11.3 Å². The minimum atomic E-state index is 0.764. The Morgan fingerprint density at radius 2 is 2.22 bits per heavy atom. The summed E-state index contributed by atoms with van der Waals surface area (Å²) in [6.07, 6.45) is 4.77. The van der Waals surface area contributed by atoms with Crippen LogP contribution in [0, 0.1) is 3.57 Å². The van der Waals surface area contributed by atoms with Gasteiger partial charge in [0.05, 0.1) is 5.69 Å². The number of anilines is 2. The van der Waals surface area contributed by atoms with Crippen molar-refractivity contribution < 1.29 is 4.74 Å². The summed E-state index contributed by atoms with van der Waals surface area (Å²) >= 11 is 2.31. The second kappa shape index (κ2) is 6.75. The Bertz CT molecular complexity index is 498. The van der Waals surface area contributed by atoms with Crippen molar-refractivity contribution in [3.63, 3.8) is 0 Å². The number of halogens is 1. The monoisotopic (exact) mass is 357 g/mol. The summed E-state index contributed by atoms with van der Waals surface area (Å²) in [6.45, 7) is 1.67. The number of hydrogen-bond donors (Lipinski definition) is 1. The molecule has 0 saturated heterocycles. The van der Waals surface area contributed by atoms with Crippen LogP contribution in [0.3, 0.4) is 0 Å². The molecule has 0 aliphatic rings. The predicted octanol–water partition coefficient (Wildman–Crippen LogP) is 3.27. The van der Waals surface area contributed by atoms with E-state index in [1.807, 2.05) is 24.5 Å². The van der Waals surface area contributed by atoms with Crippen LogP contribution in [0.25, 0.3) is 0 Å². The van der Waals surface area contributed by atoms with Crippen LogP contribution < -0.4 is 5.32 Å². The molecule has 0 spiro atoms. The third-order valence-electron chi connectivity index (χ3n) is 2.58. The van der Waals surface area contributed by atoms with Gasteiger partial charge in [0.2, 0.25) is 5.95 Å². The topological polar surface area (TPSA) is 39.1 Å². The van der Waals surface area contributed by atoms with Gasteiger partial charge in [0.15, 0.2) is 0 Å². The smallest absolute Gasteiger partial charge is 0.207 e. The minimum Gasteiger partial charge on any atom is -0.385 e. The number of methoxy groups -OCH3 is 1. The van der Waals surface area contributed by atoms with Crippen LogP contribution >= 0.6 is 22.6 Å². The molecule has 0 bridgehead atoms. The fourth-order valence-corrected chi connectivity index (χ4v) is 2.20. The van der Waals surface area contributed by atoms with Gasteiger partial charge in [-0.15, -0.1) is 0 Å². The Balaban J connectivity index is 2.05. The average molecular weight is 357 g/mol. The summed E-state index contributed by atoms with van der Waals surface area (Å²) in [7, 11) is 1.72. The Labute approximate surface area is 121 Å². The Morgan fingerprint density at radius 3 is 3.00 bits per heavy atom. The lowest BCUT2D eigenvalue weighted by Gasteiger charge is -2.10. The predicted molar refractivity (Wildman–Crippen MR) is 81.2 cm³/mol. The van der Waals surface area contributed by atoms with Gasteiger partial charge in [0.1, 0.15) is 0 Å². The third kappa shape index (κ3) is 3.46. The standard InChI is InChI=1S/C13H16IN3O/c1-18-10-4-8-17-9-7-15-13(17)16-12-6-3-2-5-11(12)14/h2-3,5-7,9H,4,8,10H2,1H3,(H,15,16). The van der Waals surface area contributed by atoms with Crippen LogP contribution in [0.5, 0.6) is 0 Å². The minimum absolute atomic E-state index is 0.764. The van der Waals surface area contributed by atoms with E-state index >= 15 is 0 Å². The van der Waals surface area contributed by atoms with Gasteiger partial charge in [-0.25, -0.2) is 4.98 Å². The van der Waals surface area contributed by atoms with E-state index in [4.69, 9.17) is 4.74 Å². The lowest BCUT2D eigenvalue weighted by molar-refractivity contribution is 0.190. The zero-order chi connectivity index (χ0) is 12.8. The molecule has 0 aliphatic heterocycles. The number of imidazole rings is 1. The van der Waals surface area contributed by atoms with E-state index in [0.29, 0.717) is 0 Å². The largest absolute Gasteiger partial charge is 0.385 e. The van der Waals surface area contributed by atoms with Crippen molar-refractivity contribution in [3.8, 4) is 0 Å². The van der Waals surface area contributed by atoms with Gasteiger partial charge < -0.3 is 14.6 Å². The van der Waals surface area contributed by atoms with Crippen molar-refractivity contribution in [2.45, 2.75) is 13.0 Å². The number of hydrogen-bond acceptors (Lipinski definition) is 3. The number of para-hydroxylation sites is 1. The molecule has 1 heterocycles. The van der Waals surface area contributed by atoms with E-state index in [9.17, 15) is 0 Å². The fourth-order valence-electron chi connectivity index (χ4n) is 1.68. The number of aryl methyl sites for hydroxylation is 1. The van der Waals surface area contributed by atoms with Gasteiger partial charge in [-0.1, -0.05) is 12.1 Å². The highest BCUT2D eigenvalue weighted by Crippen LogP contribution is 2.21. The molecule has 1 N–H and O–H groups in total. The van der Waals surface area contributed by atoms with Crippen LogP contribution in [0.15, 0.2) is 36.7 Å². The molecular weight excluding hydrogens is 341 g/mol. The molecule has 0 unspecified atom stereocenters. The molecule has 0 radical (unpaired) electrons. The summed E-state index contributed by atoms with van der Waals surface area (Å²) in [5, 5.41) is 3.35. The normalized spacial score (nSPS) is 10.6. The molecule has 5 heteroatoms. The number of aromatic nitrogens is 2. The summed E-state index contributed by atoms with van der Waals surface area (Å²) in [5.74, 6) is 0.871. The zero-order valence-electron chi connectivity index (χ0n) is 10.3. The van der Waals surface area contributed by atoms with E-state index < -0.39 is 0 Å². The van der Waals surface area contributed by atoms with E-state index in [0.717, 1.165) is 31.2 Å². The molecular formula is C13H16IN3O. The van der Waals surface area contributed by atoms with E-state index in [2.05, 4.69) is 49.6 Å². The maximum atomic E-state index is 5.06. The van der Waals surface area contributed by atoms with Crippen LogP contribution in [-0.4, -0.2) is 23.3 Å². The second-order valence-corrected chi connectivity index (χ2v) is 5.06. The van der Waals surface area contributed by atoms with Gasteiger partial charge in [-0.2, -0.15) is 0 Å². The first-order valence-electron chi connectivity index (χ1n) is 5.83. The van der Waals surface area contributed by atoms with Crippen molar-refractivity contribution in [2.75, 3.05) is 19.0 Å². The highest BCUT2D eigenvalue weighted by Gasteiger charge is 2.04. The first-order chi connectivity index (χ1) is 8.81. The molecule has 0 fully saturated rings. The van der Waals surface area contributed by atoms with Crippen LogP contribution in [0.2, 0.25) is 0 Å². The number of ether oxygens (including phenoxy) is 1. The molecule has 0 aliphatic carbocycles. The van der Waals surface area contributed by atoms with E-state index in [-0.39, 0.29) is 0 Å². The highest BCUT2D eigenvalue weighted by molar-refractivity contribution is 14.1. The zero-order valence-corrected chi connectivity index (χ0v) is 12.4. The maximum Gasteiger partial charge on any atom is 0.207 e. The first kappa shape index (κ1) is 13.4. The molecule has 4 nitrogen and oxygen atoms in total. The van der Waals surface area contributed by atoms with Crippen molar-refractivity contribution in [3.05, 3.63) is 40.2 Å². The first-order valence-corrected chi connectivity index (χ1v) is 6.91. The lowest BCUT2D eigenvalue weighted by atomic mass is 10.3. The maximum absolute atomic E-state index is 5.06. The van der Waals surface area contributed by atoms with Gasteiger partial charge in [-0.05, 0) is 41.1 Å². The van der Waals surface area contributed by atoms with Crippen molar-refractivity contribution >= 4 is 34.2 Å². The Kier molecular flexibility index (Phi) is 5.00. The van der Waals surface area contributed by atoms with Gasteiger partial charge in [0.25, 0.3) is 0 Å². The van der Waals surface area contributed by atoms with Crippen LogP contribution in [0.1, 0.15) is 6.42 Å². The quantitative estimate of drug-likeness (QED) is 0.637. The summed E-state index contributed by atoms with van der Waals surface area (Å²) in [6, 6.07) is 8.16. The average Bonchev–Trinajstić information content (AvgIpc) is 2.80. The van der Waals surface area contributed by atoms with Gasteiger partial charge in [-0.3, -0.25) is 0 Å². The van der Waals surface area contributed by atoms with Crippen molar-refractivity contribution in [2.24, 2.45) is 0 Å². The van der Waals surface area contributed by atoms with Gasteiger partial charge >= 0.3 is 0 Å². The van der Waals surface area contributed by atoms with Crippen LogP contribution in [0.4, 0.5) is 11.6 Å². The Hall–Kier alpha value is -1.08. The molecule has 0 atom stereocenters. The molecule has 96 valence electrons. The number of nitrogens with zero attached hydrogens (tertiary/aromatic N) is 2. The summed E-state index contributed by atoms with van der Waals surface area (Å²) in [4.78, 5) is 4.34.